The van der Waals surface area contributed by atoms with Gasteiger partial charge in [-0.25, -0.2) is 13.1 Å². The highest BCUT2D eigenvalue weighted by molar-refractivity contribution is 9.09. The number of benzene rings is 1. The Morgan fingerprint density at radius 3 is 2.42 bits per heavy atom. The maximum Gasteiger partial charge on any atom is 0.212 e. The average Bonchev–Trinajstić information content (AvgIpc) is 2.34. The first-order chi connectivity index (χ1) is 8.96. The number of halogens is 1. The molecule has 0 aromatic heterocycles. The molecule has 0 heterocycles. The Morgan fingerprint density at radius 1 is 1.32 bits per heavy atom. The Bertz CT molecular complexity index is 506. The van der Waals surface area contributed by atoms with E-state index < -0.39 is 10.0 Å². The van der Waals surface area contributed by atoms with Gasteiger partial charge in [-0.15, -0.1) is 0 Å². The van der Waals surface area contributed by atoms with E-state index in [-0.39, 0.29) is 17.2 Å². The molecule has 106 valence electrons. The van der Waals surface area contributed by atoms with Crippen molar-refractivity contribution >= 4 is 26.0 Å². The van der Waals surface area contributed by atoms with Crippen LogP contribution >= 0.6 is 15.9 Å². The molecule has 5 heteroatoms. The molecule has 3 nitrogen and oxygen atoms in total. The second-order valence-electron chi connectivity index (χ2n) is 5.46. The Morgan fingerprint density at radius 2 is 1.95 bits per heavy atom. The molecule has 1 aromatic rings. The van der Waals surface area contributed by atoms with Crippen LogP contribution in [0.3, 0.4) is 0 Å². The third-order valence-electron chi connectivity index (χ3n) is 3.78. The van der Waals surface area contributed by atoms with E-state index in [4.69, 9.17) is 0 Å². The van der Waals surface area contributed by atoms with E-state index in [2.05, 4.69) is 20.7 Å². The Balaban J connectivity index is 2.01. The lowest BCUT2D eigenvalue weighted by molar-refractivity contribution is 0.256. The molecule has 0 radical (unpaired) electrons. The zero-order valence-electron chi connectivity index (χ0n) is 11.1. The molecule has 1 fully saturated rings. The predicted octanol–water partition coefficient (Wildman–Crippen LogP) is 3.03. The van der Waals surface area contributed by atoms with Crippen LogP contribution in [0, 0.1) is 0 Å². The second-order valence-corrected chi connectivity index (χ2v) is 7.79. The van der Waals surface area contributed by atoms with Crippen molar-refractivity contribution in [1.29, 1.82) is 0 Å². The van der Waals surface area contributed by atoms with Crippen LogP contribution in [0.15, 0.2) is 30.3 Å². The lowest BCUT2D eigenvalue weighted by Gasteiger charge is -2.40. The van der Waals surface area contributed by atoms with Crippen LogP contribution in [0.5, 0.6) is 0 Å². The normalized spacial score (nSPS) is 19.7. The molecule has 0 spiro atoms. The van der Waals surface area contributed by atoms with Crippen molar-refractivity contribution < 1.29 is 8.42 Å². The van der Waals surface area contributed by atoms with Gasteiger partial charge in [0.2, 0.25) is 10.0 Å². The number of nitrogens with one attached hydrogen (secondary N) is 1. The maximum absolute atomic E-state index is 12.2. The molecule has 1 atom stereocenters. The minimum atomic E-state index is -3.24. The molecule has 1 aliphatic rings. The van der Waals surface area contributed by atoms with E-state index in [1.165, 1.54) is 0 Å². The van der Waals surface area contributed by atoms with Gasteiger partial charge in [-0.1, -0.05) is 53.2 Å². The topological polar surface area (TPSA) is 46.2 Å². The number of alkyl halides is 1. The Hall–Kier alpha value is -0.390. The van der Waals surface area contributed by atoms with E-state index in [9.17, 15) is 8.42 Å². The highest BCUT2D eigenvalue weighted by atomic mass is 79.9. The predicted molar refractivity (Wildman–Crippen MR) is 82.2 cm³/mol. The Labute approximate surface area is 124 Å². The molecule has 1 aliphatic carbocycles. The summed E-state index contributed by atoms with van der Waals surface area (Å²) >= 11 is 3.42. The largest absolute Gasteiger partial charge is 0.212 e. The number of sulfonamides is 1. The fourth-order valence-corrected chi connectivity index (χ4v) is 5.20. The summed E-state index contributed by atoms with van der Waals surface area (Å²) in [7, 11) is -3.24. The van der Waals surface area contributed by atoms with Gasteiger partial charge in [0.25, 0.3) is 0 Å². The van der Waals surface area contributed by atoms with Gasteiger partial charge in [0.1, 0.15) is 0 Å². The SMILES string of the molecule is CC(CS(=O)(=O)NC1(CBr)CCC1)c1ccccc1. The fraction of sp³-hybridized carbons (Fsp3) is 0.571. The monoisotopic (exact) mass is 345 g/mol. The van der Waals surface area contributed by atoms with Gasteiger partial charge in [0.15, 0.2) is 0 Å². The van der Waals surface area contributed by atoms with E-state index >= 15 is 0 Å². The quantitative estimate of drug-likeness (QED) is 0.805. The lowest BCUT2D eigenvalue weighted by atomic mass is 9.80. The summed E-state index contributed by atoms with van der Waals surface area (Å²) in [6.07, 6.45) is 2.96. The smallest absolute Gasteiger partial charge is 0.212 e. The molecule has 1 N–H and O–H groups in total. The number of rotatable bonds is 6. The van der Waals surface area contributed by atoms with Gasteiger partial charge in [0, 0.05) is 10.9 Å². The van der Waals surface area contributed by atoms with Gasteiger partial charge >= 0.3 is 0 Å². The highest BCUT2D eigenvalue weighted by Crippen LogP contribution is 2.34. The first kappa shape index (κ1) is 15.0. The van der Waals surface area contributed by atoms with Gasteiger partial charge in [-0.3, -0.25) is 0 Å². The van der Waals surface area contributed by atoms with E-state index in [1.807, 2.05) is 37.3 Å². The summed E-state index contributed by atoms with van der Waals surface area (Å²) in [5, 5.41) is 0.693. The summed E-state index contributed by atoms with van der Waals surface area (Å²) in [5.41, 5.74) is 0.823. The van der Waals surface area contributed by atoms with Crippen LogP contribution in [0.25, 0.3) is 0 Å². The summed E-state index contributed by atoms with van der Waals surface area (Å²) < 4.78 is 27.4. The maximum atomic E-state index is 12.2. The Kier molecular flexibility index (Phi) is 4.69. The van der Waals surface area contributed by atoms with Crippen LogP contribution in [0.1, 0.15) is 37.7 Å². The molecule has 0 aliphatic heterocycles. The molecular weight excluding hydrogens is 326 g/mol. The van der Waals surface area contributed by atoms with E-state index in [0.717, 1.165) is 24.8 Å². The summed E-state index contributed by atoms with van der Waals surface area (Å²) in [5.74, 6) is 0.150. The molecule has 0 bridgehead atoms. The van der Waals surface area contributed by atoms with Gasteiger partial charge < -0.3 is 0 Å². The third-order valence-corrected chi connectivity index (χ3v) is 6.53. The van der Waals surface area contributed by atoms with Gasteiger partial charge in [-0.05, 0) is 30.7 Å². The highest BCUT2D eigenvalue weighted by Gasteiger charge is 2.39. The van der Waals surface area contributed by atoms with Crippen LogP contribution < -0.4 is 4.72 Å². The lowest BCUT2D eigenvalue weighted by Crippen LogP contribution is -2.55. The molecular formula is C14H20BrNO2S. The van der Waals surface area contributed by atoms with E-state index in [1.54, 1.807) is 0 Å². The van der Waals surface area contributed by atoms with Gasteiger partial charge in [-0.2, -0.15) is 0 Å². The van der Waals surface area contributed by atoms with Gasteiger partial charge in [0.05, 0.1) is 5.75 Å². The van der Waals surface area contributed by atoms with Crippen molar-refractivity contribution in [3.05, 3.63) is 35.9 Å². The molecule has 1 saturated carbocycles. The van der Waals surface area contributed by atoms with Crippen LogP contribution in [0.4, 0.5) is 0 Å². The van der Waals surface area contributed by atoms with Crippen LogP contribution in [-0.2, 0) is 10.0 Å². The molecule has 19 heavy (non-hydrogen) atoms. The minimum Gasteiger partial charge on any atom is -0.212 e. The molecule has 0 saturated heterocycles. The first-order valence-corrected chi connectivity index (χ1v) is 9.36. The van der Waals surface area contributed by atoms with Crippen molar-refractivity contribution in [2.24, 2.45) is 0 Å². The minimum absolute atomic E-state index is 0.00570. The number of hydrogen-bond donors (Lipinski definition) is 1. The van der Waals surface area contributed by atoms with Crippen molar-refractivity contribution in [3.63, 3.8) is 0 Å². The second kappa shape index (κ2) is 5.94. The first-order valence-electron chi connectivity index (χ1n) is 6.59. The summed E-state index contributed by atoms with van der Waals surface area (Å²) in [6.45, 7) is 1.95. The van der Waals surface area contributed by atoms with Crippen LogP contribution in [-0.4, -0.2) is 25.0 Å². The summed E-state index contributed by atoms with van der Waals surface area (Å²) in [4.78, 5) is 0. The third kappa shape index (κ3) is 3.80. The molecule has 1 aromatic carbocycles. The molecule has 2 rings (SSSR count). The van der Waals surface area contributed by atoms with Crippen molar-refractivity contribution in [2.75, 3.05) is 11.1 Å². The molecule has 1 unspecified atom stereocenters. The zero-order chi connectivity index (χ0) is 13.9. The van der Waals surface area contributed by atoms with Crippen molar-refractivity contribution in [3.8, 4) is 0 Å². The standard InChI is InChI=1S/C14H20BrNO2S/c1-12(13-6-3-2-4-7-13)10-19(17,18)16-14(11-15)8-5-9-14/h2-4,6-7,12,16H,5,8-11H2,1H3. The number of hydrogen-bond acceptors (Lipinski definition) is 2. The van der Waals surface area contributed by atoms with Crippen LogP contribution in [0.2, 0.25) is 0 Å². The average molecular weight is 346 g/mol. The van der Waals surface area contributed by atoms with Crippen molar-refractivity contribution in [2.45, 2.75) is 37.6 Å². The van der Waals surface area contributed by atoms with Crippen molar-refractivity contribution in [1.82, 2.24) is 4.72 Å². The summed E-state index contributed by atoms with van der Waals surface area (Å²) in [6, 6.07) is 9.78. The zero-order valence-corrected chi connectivity index (χ0v) is 13.5. The molecule has 0 amide bonds. The fourth-order valence-electron chi connectivity index (χ4n) is 2.44. The van der Waals surface area contributed by atoms with E-state index in [0.29, 0.717) is 5.33 Å².